The van der Waals surface area contributed by atoms with E-state index in [4.69, 9.17) is 14.9 Å². The minimum Gasteiger partial charge on any atom is -0.478 e. The van der Waals surface area contributed by atoms with Crippen molar-refractivity contribution in [1.29, 1.82) is 0 Å². The number of thiol groups is 1. The van der Waals surface area contributed by atoms with Crippen molar-refractivity contribution in [3.05, 3.63) is 0 Å². The molecule has 16 heavy (non-hydrogen) atoms. The highest BCUT2D eigenvalue weighted by atomic mass is 32.1. The second-order valence-corrected chi connectivity index (χ2v) is 4.41. The molecule has 1 aliphatic heterocycles. The van der Waals surface area contributed by atoms with Crippen LogP contribution in [0.25, 0.3) is 0 Å². The van der Waals surface area contributed by atoms with Crippen LogP contribution in [0, 0.1) is 0 Å². The van der Waals surface area contributed by atoms with Gasteiger partial charge in [-0.15, -0.1) is 12.6 Å². The minimum absolute atomic E-state index is 0.415. The van der Waals surface area contributed by atoms with Crippen molar-refractivity contribution in [3.63, 3.8) is 0 Å². The third-order valence-electron chi connectivity index (χ3n) is 2.45. The molecule has 1 saturated heterocycles. The molecular weight excluding hydrogens is 240 g/mol. The topological polar surface area (TPSA) is 127 Å². The van der Waals surface area contributed by atoms with Gasteiger partial charge in [-0.2, -0.15) is 0 Å². The number of aliphatic hydroxyl groups excluding tert-OH is 4. The lowest BCUT2D eigenvalue weighted by Gasteiger charge is -2.41. The molecule has 94 valence electrons. The summed E-state index contributed by atoms with van der Waals surface area (Å²) in [5, 5.41) is 45.8. The van der Waals surface area contributed by atoms with Crippen LogP contribution >= 0.6 is 12.6 Å². The predicted octanol–water partition coefficient (Wildman–Crippen LogP) is -2.44. The largest absolute Gasteiger partial charge is 0.478 e. The van der Waals surface area contributed by atoms with Crippen LogP contribution in [0.2, 0.25) is 0 Å². The average molecular weight is 254 g/mol. The Morgan fingerprint density at radius 2 is 2.12 bits per heavy atom. The minimum atomic E-state index is -1.99. The van der Waals surface area contributed by atoms with Crippen LogP contribution < -0.4 is 0 Å². The monoisotopic (exact) mass is 254 g/mol. The Labute approximate surface area is 96.7 Å². The summed E-state index contributed by atoms with van der Waals surface area (Å²) < 4.78 is 4.92. The standard InChI is InChI=1S/C8H14O7S/c9-2-4(11)6-5(12)3(10)1-8(16,15-6)7(13)14/h3-6,9-12,16H,1-2H2,(H,13,14)/t3-,4-,5-,6-,8+/m1/s1. The van der Waals surface area contributed by atoms with Crippen LogP contribution in [-0.2, 0) is 9.53 Å². The SMILES string of the molecule is O=C(O)[C@@]1(S)C[C@@H](O)[C@@H](O)[C@@H]([C@H](O)CO)O1. The van der Waals surface area contributed by atoms with Crippen LogP contribution in [0.1, 0.15) is 6.42 Å². The highest BCUT2D eigenvalue weighted by molar-refractivity contribution is 7.82. The fourth-order valence-corrected chi connectivity index (χ4v) is 1.82. The molecular formula is C8H14O7S. The summed E-state index contributed by atoms with van der Waals surface area (Å²) in [5.41, 5.74) is 0. The zero-order valence-corrected chi connectivity index (χ0v) is 9.12. The van der Waals surface area contributed by atoms with Crippen LogP contribution in [0.3, 0.4) is 0 Å². The zero-order valence-electron chi connectivity index (χ0n) is 8.22. The normalized spacial score (nSPS) is 41.7. The molecule has 0 saturated carbocycles. The summed E-state index contributed by atoms with van der Waals surface area (Å²) >= 11 is 3.75. The molecule has 1 rings (SSSR count). The molecule has 7 nitrogen and oxygen atoms in total. The molecule has 8 heteroatoms. The molecule has 5 atom stereocenters. The summed E-state index contributed by atoms with van der Waals surface area (Å²) in [6, 6.07) is 0. The Kier molecular flexibility index (Phi) is 4.16. The summed E-state index contributed by atoms with van der Waals surface area (Å²) in [4.78, 5) is 8.86. The van der Waals surface area contributed by atoms with Gasteiger partial charge in [0.2, 0.25) is 4.93 Å². The van der Waals surface area contributed by atoms with Crippen molar-refractivity contribution in [2.45, 2.75) is 35.8 Å². The van der Waals surface area contributed by atoms with Crippen LogP contribution in [0.5, 0.6) is 0 Å². The average Bonchev–Trinajstić information content (AvgIpc) is 2.22. The molecule has 0 spiro atoms. The summed E-state index contributed by atoms with van der Waals surface area (Å²) in [7, 11) is 0. The van der Waals surface area contributed by atoms with E-state index in [1.807, 2.05) is 0 Å². The van der Waals surface area contributed by atoms with E-state index in [-0.39, 0.29) is 0 Å². The maximum Gasteiger partial charge on any atom is 0.346 e. The fraction of sp³-hybridized carbons (Fsp3) is 0.875. The van der Waals surface area contributed by atoms with Crippen LogP contribution in [0.15, 0.2) is 0 Å². The molecule has 5 N–H and O–H groups in total. The van der Waals surface area contributed by atoms with Crippen molar-refractivity contribution < 1.29 is 35.1 Å². The van der Waals surface area contributed by atoms with Gasteiger partial charge in [0.25, 0.3) is 0 Å². The van der Waals surface area contributed by atoms with Gasteiger partial charge in [0.15, 0.2) is 0 Å². The molecule has 0 aromatic carbocycles. The Morgan fingerprint density at radius 3 is 2.56 bits per heavy atom. The second kappa shape index (κ2) is 4.86. The molecule has 0 aromatic rings. The van der Waals surface area contributed by atoms with E-state index in [0.717, 1.165) is 0 Å². The first-order valence-corrected chi connectivity index (χ1v) is 5.05. The fourth-order valence-electron chi connectivity index (χ4n) is 1.51. The van der Waals surface area contributed by atoms with Crippen molar-refractivity contribution >= 4 is 18.6 Å². The Bertz CT molecular complexity index is 273. The number of rotatable bonds is 3. The first kappa shape index (κ1) is 13.7. The highest BCUT2D eigenvalue weighted by Gasteiger charge is 2.50. The summed E-state index contributed by atoms with van der Waals surface area (Å²) in [6.07, 6.45) is -6.17. The van der Waals surface area contributed by atoms with Gasteiger partial charge in [0, 0.05) is 6.42 Å². The molecule has 0 radical (unpaired) electrons. The van der Waals surface area contributed by atoms with Crippen molar-refractivity contribution in [2.24, 2.45) is 0 Å². The summed E-state index contributed by atoms with van der Waals surface area (Å²) in [6.45, 7) is -0.724. The third-order valence-corrected chi connectivity index (χ3v) is 2.93. The maximum atomic E-state index is 10.8. The van der Waals surface area contributed by atoms with Gasteiger partial charge in [-0.25, -0.2) is 4.79 Å². The van der Waals surface area contributed by atoms with Gasteiger partial charge < -0.3 is 30.3 Å². The quantitative estimate of drug-likeness (QED) is 0.309. The Hall–Kier alpha value is -0.380. The number of hydrogen-bond acceptors (Lipinski definition) is 7. The van der Waals surface area contributed by atoms with E-state index in [1.165, 1.54) is 0 Å². The van der Waals surface area contributed by atoms with E-state index in [1.54, 1.807) is 0 Å². The van der Waals surface area contributed by atoms with Crippen molar-refractivity contribution in [3.8, 4) is 0 Å². The number of aliphatic hydroxyl groups is 4. The Morgan fingerprint density at radius 1 is 1.56 bits per heavy atom. The number of carboxylic acid groups (broad SMARTS) is 1. The van der Waals surface area contributed by atoms with E-state index in [0.29, 0.717) is 0 Å². The number of hydrogen-bond donors (Lipinski definition) is 6. The van der Waals surface area contributed by atoms with Crippen LogP contribution in [0.4, 0.5) is 0 Å². The smallest absolute Gasteiger partial charge is 0.346 e. The molecule has 1 heterocycles. The molecule has 0 bridgehead atoms. The molecule has 0 aliphatic carbocycles. The predicted molar refractivity (Wildman–Crippen MR) is 53.9 cm³/mol. The van der Waals surface area contributed by atoms with E-state index < -0.39 is 48.3 Å². The molecule has 0 unspecified atom stereocenters. The van der Waals surface area contributed by atoms with Gasteiger partial charge in [-0.1, -0.05) is 0 Å². The number of carboxylic acids is 1. The van der Waals surface area contributed by atoms with E-state index in [9.17, 15) is 20.1 Å². The lowest BCUT2D eigenvalue weighted by Crippen LogP contribution is -2.59. The molecule has 0 amide bonds. The van der Waals surface area contributed by atoms with Gasteiger partial charge in [-0.05, 0) is 0 Å². The van der Waals surface area contributed by atoms with Gasteiger partial charge >= 0.3 is 5.97 Å². The van der Waals surface area contributed by atoms with Gasteiger partial charge in [-0.3, -0.25) is 0 Å². The van der Waals surface area contributed by atoms with E-state index >= 15 is 0 Å². The van der Waals surface area contributed by atoms with Crippen molar-refractivity contribution in [2.75, 3.05) is 6.61 Å². The third kappa shape index (κ3) is 2.47. The number of carbonyl (C=O) groups is 1. The van der Waals surface area contributed by atoms with Crippen LogP contribution in [-0.4, -0.2) is 67.5 Å². The zero-order chi connectivity index (χ0) is 12.5. The second-order valence-electron chi connectivity index (χ2n) is 3.68. The number of ether oxygens (including phenoxy) is 1. The van der Waals surface area contributed by atoms with E-state index in [2.05, 4.69) is 12.6 Å². The molecule has 0 aromatic heterocycles. The number of aliphatic carboxylic acids is 1. The highest BCUT2D eigenvalue weighted by Crippen LogP contribution is 2.34. The van der Waals surface area contributed by atoms with Crippen molar-refractivity contribution in [1.82, 2.24) is 0 Å². The Balaban J connectivity index is 2.89. The first-order chi connectivity index (χ1) is 7.31. The molecule has 1 fully saturated rings. The van der Waals surface area contributed by atoms with Gasteiger partial charge in [0.05, 0.1) is 12.7 Å². The summed E-state index contributed by atoms with van der Waals surface area (Å²) in [5.74, 6) is -1.43. The van der Waals surface area contributed by atoms with Gasteiger partial charge in [0.1, 0.15) is 18.3 Å². The lowest BCUT2D eigenvalue weighted by molar-refractivity contribution is -0.221. The first-order valence-electron chi connectivity index (χ1n) is 4.60. The molecule has 1 aliphatic rings. The lowest BCUT2D eigenvalue weighted by atomic mass is 9.94. The maximum absolute atomic E-state index is 10.8.